The second-order valence-electron chi connectivity index (χ2n) is 6.38. The van der Waals surface area contributed by atoms with Crippen LogP contribution in [0.2, 0.25) is 0 Å². The van der Waals surface area contributed by atoms with Gasteiger partial charge >= 0.3 is 5.69 Å². The van der Waals surface area contributed by atoms with E-state index in [1.807, 2.05) is 4.90 Å². The monoisotopic (exact) mass is 294 g/mol. The lowest BCUT2D eigenvalue weighted by atomic mass is 9.71. The first kappa shape index (κ1) is 14.3. The quantitative estimate of drug-likeness (QED) is 0.663. The summed E-state index contributed by atoms with van der Waals surface area (Å²) in [6.07, 6.45) is 4.75. The Labute approximate surface area is 123 Å². The minimum Gasteiger partial charge on any atom is -0.389 e. The van der Waals surface area contributed by atoms with Crippen LogP contribution in [-0.4, -0.2) is 38.5 Å². The van der Waals surface area contributed by atoms with Gasteiger partial charge in [0.25, 0.3) is 0 Å². The number of nitrogens with zero attached hydrogens (tertiary/aromatic N) is 4. The lowest BCUT2D eigenvalue weighted by Crippen LogP contribution is -2.53. The number of fused-ring (bicyclic) bond motifs is 1. The zero-order chi connectivity index (χ0) is 15.2. The van der Waals surface area contributed by atoms with E-state index in [9.17, 15) is 15.2 Å². The molecule has 2 heterocycles. The van der Waals surface area contributed by atoms with Gasteiger partial charge in [0.05, 0.1) is 10.5 Å². The van der Waals surface area contributed by atoms with E-state index in [4.69, 9.17) is 0 Å². The van der Waals surface area contributed by atoms with Gasteiger partial charge in [0.1, 0.15) is 5.69 Å². The van der Waals surface area contributed by atoms with Crippen molar-refractivity contribution in [1.29, 1.82) is 0 Å². The van der Waals surface area contributed by atoms with Gasteiger partial charge in [-0.25, -0.2) is 4.68 Å². The van der Waals surface area contributed by atoms with Gasteiger partial charge in [-0.2, -0.15) is 5.10 Å². The van der Waals surface area contributed by atoms with Crippen LogP contribution in [0.25, 0.3) is 0 Å². The normalized spacial score (nSPS) is 29.3. The minimum absolute atomic E-state index is 0.0961. The number of anilines is 1. The molecule has 1 aliphatic carbocycles. The summed E-state index contributed by atoms with van der Waals surface area (Å²) in [5.74, 6) is 0.778. The SMILES string of the molecule is Cc1nn(C)c(N2CCC3(O)CCCCC3C2)c1[N+](=O)[O-]. The van der Waals surface area contributed by atoms with E-state index in [-0.39, 0.29) is 16.5 Å². The number of hydrogen-bond acceptors (Lipinski definition) is 5. The Hall–Kier alpha value is -1.63. The molecule has 2 atom stereocenters. The Morgan fingerprint density at radius 2 is 2.19 bits per heavy atom. The molecule has 7 nitrogen and oxygen atoms in total. The highest BCUT2D eigenvalue weighted by molar-refractivity contribution is 5.61. The predicted molar refractivity (Wildman–Crippen MR) is 78.3 cm³/mol. The first-order valence-electron chi connectivity index (χ1n) is 7.58. The minimum atomic E-state index is -0.572. The van der Waals surface area contributed by atoms with E-state index >= 15 is 0 Å². The molecular weight excluding hydrogens is 272 g/mol. The number of hydrogen-bond donors (Lipinski definition) is 1. The third kappa shape index (κ3) is 2.29. The molecule has 1 saturated heterocycles. The van der Waals surface area contributed by atoms with Gasteiger partial charge in [0.2, 0.25) is 5.82 Å². The van der Waals surface area contributed by atoms with Crippen LogP contribution >= 0.6 is 0 Å². The number of rotatable bonds is 2. The molecule has 2 unspecified atom stereocenters. The van der Waals surface area contributed by atoms with Gasteiger partial charge in [-0.1, -0.05) is 12.8 Å². The van der Waals surface area contributed by atoms with Crippen LogP contribution in [0.1, 0.15) is 37.8 Å². The zero-order valence-corrected chi connectivity index (χ0v) is 12.6. The van der Waals surface area contributed by atoms with Crippen molar-refractivity contribution >= 4 is 11.5 Å². The van der Waals surface area contributed by atoms with E-state index in [1.54, 1.807) is 18.7 Å². The molecule has 3 rings (SSSR count). The Bertz CT molecular complexity index is 571. The lowest BCUT2D eigenvalue weighted by Gasteiger charge is -2.47. The van der Waals surface area contributed by atoms with Gasteiger partial charge in [0.15, 0.2) is 0 Å². The second-order valence-corrected chi connectivity index (χ2v) is 6.38. The molecule has 0 aromatic carbocycles. The Kier molecular flexibility index (Phi) is 3.39. The van der Waals surface area contributed by atoms with Crippen molar-refractivity contribution in [2.75, 3.05) is 18.0 Å². The van der Waals surface area contributed by atoms with Gasteiger partial charge in [-0.3, -0.25) is 10.1 Å². The molecule has 7 heteroatoms. The van der Waals surface area contributed by atoms with Gasteiger partial charge in [0, 0.05) is 26.1 Å². The van der Waals surface area contributed by atoms with Crippen molar-refractivity contribution in [2.24, 2.45) is 13.0 Å². The molecule has 1 aromatic heterocycles. The Morgan fingerprint density at radius 1 is 1.43 bits per heavy atom. The summed E-state index contributed by atoms with van der Waals surface area (Å²) in [6, 6.07) is 0. The van der Waals surface area contributed by atoms with E-state index in [0.29, 0.717) is 31.0 Å². The highest BCUT2D eigenvalue weighted by Gasteiger charge is 2.44. The first-order chi connectivity index (χ1) is 9.92. The van der Waals surface area contributed by atoms with E-state index in [1.165, 1.54) is 0 Å². The zero-order valence-electron chi connectivity index (χ0n) is 12.6. The summed E-state index contributed by atoms with van der Waals surface area (Å²) in [4.78, 5) is 13.0. The molecule has 0 bridgehead atoms. The summed E-state index contributed by atoms with van der Waals surface area (Å²) in [7, 11) is 1.75. The summed E-state index contributed by atoms with van der Waals surface area (Å²) < 4.78 is 1.60. The Balaban J connectivity index is 1.91. The molecule has 1 aliphatic heterocycles. The molecule has 2 fully saturated rings. The Morgan fingerprint density at radius 3 is 2.90 bits per heavy atom. The van der Waals surface area contributed by atoms with Crippen LogP contribution in [0.5, 0.6) is 0 Å². The number of aryl methyl sites for hydroxylation is 2. The van der Waals surface area contributed by atoms with Crippen LogP contribution in [0.4, 0.5) is 11.5 Å². The van der Waals surface area contributed by atoms with E-state index in [2.05, 4.69) is 5.10 Å². The first-order valence-corrected chi connectivity index (χ1v) is 7.58. The average molecular weight is 294 g/mol. The molecule has 2 aliphatic rings. The second kappa shape index (κ2) is 4.98. The standard InChI is InChI=1S/C14H22N4O3/c1-10-12(18(20)21)13(16(2)15-10)17-8-7-14(19)6-4-3-5-11(14)9-17/h11,19H,3-9H2,1-2H3. The van der Waals surface area contributed by atoms with Crippen LogP contribution < -0.4 is 4.90 Å². The predicted octanol–water partition coefficient (Wildman–Crippen LogP) is 1.77. The van der Waals surface area contributed by atoms with Crippen molar-refractivity contribution in [3.05, 3.63) is 15.8 Å². The third-order valence-electron chi connectivity index (χ3n) is 5.07. The molecule has 21 heavy (non-hydrogen) atoms. The van der Waals surface area contributed by atoms with Crippen LogP contribution in [0.15, 0.2) is 0 Å². The maximum atomic E-state index is 11.3. The molecule has 0 radical (unpaired) electrons. The third-order valence-corrected chi connectivity index (χ3v) is 5.07. The molecule has 1 saturated carbocycles. The summed E-state index contributed by atoms with van der Waals surface area (Å²) in [5.41, 5.74) is -0.0299. The number of piperidine rings is 1. The van der Waals surface area contributed by atoms with E-state index < -0.39 is 5.60 Å². The van der Waals surface area contributed by atoms with Gasteiger partial charge < -0.3 is 10.0 Å². The van der Waals surface area contributed by atoms with E-state index in [0.717, 1.165) is 25.7 Å². The average Bonchev–Trinajstić information content (AvgIpc) is 2.72. The lowest BCUT2D eigenvalue weighted by molar-refractivity contribution is -0.384. The molecule has 0 spiro atoms. The van der Waals surface area contributed by atoms with Gasteiger partial charge in [-0.05, 0) is 26.2 Å². The molecule has 1 N–H and O–H groups in total. The fourth-order valence-corrected chi connectivity index (χ4v) is 3.97. The topological polar surface area (TPSA) is 84.4 Å². The molecular formula is C14H22N4O3. The molecule has 116 valence electrons. The highest BCUT2D eigenvalue weighted by atomic mass is 16.6. The maximum Gasteiger partial charge on any atom is 0.333 e. The number of aliphatic hydroxyl groups is 1. The largest absolute Gasteiger partial charge is 0.389 e. The molecule has 1 aromatic rings. The van der Waals surface area contributed by atoms with Crippen molar-refractivity contribution in [1.82, 2.24) is 9.78 Å². The van der Waals surface area contributed by atoms with Crippen molar-refractivity contribution < 1.29 is 10.0 Å². The molecule has 0 amide bonds. The number of aromatic nitrogens is 2. The van der Waals surface area contributed by atoms with Crippen molar-refractivity contribution in [3.8, 4) is 0 Å². The number of nitro groups is 1. The summed E-state index contributed by atoms with van der Waals surface area (Å²) in [6.45, 7) is 2.99. The van der Waals surface area contributed by atoms with Crippen LogP contribution in [0, 0.1) is 23.0 Å². The van der Waals surface area contributed by atoms with Crippen molar-refractivity contribution in [2.45, 2.75) is 44.6 Å². The summed E-state index contributed by atoms with van der Waals surface area (Å²) >= 11 is 0. The van der Waals surface area contributed by atoms with Crippen LogP contribution in [-0.2, 0) is 7.05 Å². The van der Waals surface area contributed by atoms with Gasteiger partial charge in [-0.15, -0.1) is 0 Å². The fraction of sp³-hybridized carbons (Fsp3) is 0.786. The summed E-state index contributed by atoms with van der Waals surface area (Å²) in [5, 5.41) is 26.2. The van der Waals surface area contributed by atoms with Crippen molar-refractivity contribution in [3.63, 3.8) is 0 Å². The fourth-order valence-electron chi connectivity index (χ4n) is 3.97. The highest BCUT2D eigenvalue weighted by Crippen LogP contribution is 2.42. The smallest absolute Gasteiger partial charge is 0.333 e. The maximum absolute atomic E-state index is 11.3. The van der Waals surface area contributed by atoms with Crippen LogP contribution in [0.3, 0.4) is 0 Å².